The van der Waals surface area contributed by atoms with E-state index >= 15 is 0 Å². The van der Waals surface area contributed by atoms with E-state index in [1.807, 2.05) is 18.2 Å². The number of H-pyrrole nitrogens is 1. The van der Waals surface area contributed by atoms with Crippen molar-refractivity contribution in [3.8, 4) is 11.5 Å². The summed E-state index contributed by atoms with van der Waals surface area (Å²) in [4.78, 5) is 17.8. The predicted molar refractivity (Wildman–Crippen MR) is 120 cm³/mol. The lowest BCUT2D eigenvalue weighted by Gasteiger charge is -2.33. The van der Waals surface area contributed by atoms with Gasteiger partial charge in [-0.05, 0) is 49.2 Å². The van der Waals surface area contributed by atoms with E-state index in [0.717, 1.165) is 16.6 Å². The molecule has 0 spiro atoms. The Kier molecular flexibility index (Phi) is 4.99. The normalized spacial score (nSPS) is 16.0. The number of fused-ring (bicyclic) bond motifs is 2. The predicted octanol–water partition coefficient (Wildman–Crippen LogP) is 4.64. The zero-order chi connectivity index (χ0) is 20.5. The van der Waals surface area contributed by atoms with Crippen molar-refractivity contribution in [2.24, 2.45) is 0 Å². The summed E-state index contributed by atoms with van der Waals surface area (Å²) < 4.78 is 10.8. The van der Waals surface area contributed by atoms with Crippen molar-refractivity contribution in [2.75, 3.05) is 24.1 Å². The summed E-state index contributed by atoms with van der Waals surface area (Å²) in [7, 11) is 2.19. The SMILES string of the molecule is CN(c1ccc(NCc2cc3cc4c(cc3[nH]c2=O)OCO4)cc1)C1CCCCC1. The fraction of sp³-hybridized carbons (Fsp3) is 0.375. The van der Waals surface area contributed by atoms with Gasteiger partial charge in [-0.25, -0.2) is 0 Å². The van der Waals surface area contributed by atoms with E-state index in [-0.39, 0.29) is 12.4 Å². The summed E-state index contributed by atoms with van der Waals surface area (Å²) in [5.41, 5.74) is 3.59. The number of ether oxygens (including phenoxy) is 2. The molecular weight excluding hydrogens is 378 g/mol. The van der Waals surface area contributed by atoms with Crippen LogP contribution in [-0.2, 0) is 6.54 Å². The number of aromatic nitrogens is 1. The average Bonchev–Trinajstić information content (AvgIpc) is 3.24. The van der Waals surface area contributed by atoms with Gasteiger partial charge in [0.05, 0.1) is 5.52 Å². The van der Waals surface area contributed by atoms with Gasteiger partial charge in [-0.1, -0.05) is 19.3 Å². The second-order valence-electron chi connectivity index (χ2n) is 8.22. The van der Waals surface area contributed by atoms with E-state index in [4.69, 9.17) is 9.47 Å². The molecule has 5 rings (SSSR count). The molecule has 156 valence electrons. The van der Waals surface area contributed by atoms with Gasteiger partial charge in [-0.15, -0.1) is 0 Å². The van der Waals surface area contributed by atoms with E-state index in [0.29, 0.717) is 29.6 Å². The highest BCUT2D eigenvalue weighted by molar-refractivity contribution is 5.83. The molecule has 0 atom stereocenters. The molecule has 2 heterocycles. The number of benzene rings is 2. The molecule has 1 saturated carbocycles. The Morgan fingerprint density at radius 1 is 1.03 bits per heavy atom. The van der Waals surface area contributed by atoms with Gasteiger partial charge < -0.3 is 24.7 Å². The van der Waals surface area contributed by atoms with Crippen molar-refractivity contribution in [1.29, 1.82) is 0 Å². The zero-order valence-electron chi connectivity index (χ0n) is 17.2. The van der Waals surface area contributed by atoms with E-state index in [2.05, 4.69) is 46.5 Å². The van der Waals surface area contributed by atoms with Crippen molar-refractivity contribution >= 4 is 22.3 Å². The Morgan fingerprint density at radius 2 is 1.77 bits per heavy atom. The fourth-order valence-corrected chi connectivity index (χ4v) is 4.46. The molecule has 1 fully saturated rings. The van der Waals surface area contributed by atoms with Crippen LogP contribution in [0.4, 0.5) is 11.4 Å². The summed E-state index contributed by atoms with van der Waals surface area (Å²) in [5, 5.41) is 4.30. The second kappa shape index (κ2) is 7.94. The van der Waals surface area contributed by atoms with Gasteiger partial charge in [0.1, 0.15) is 0 Å². The van der Waals surface area contributed by atoms with Crippen molar-refractivity contribution < 1.29 is 9.47 Å². The number of nitrogens with zero attached hydrogens (tertiary/aromatic N) is 1. The van der Waals surface area contributed by atoms with Crippen LogP contribution in [0.2, 0.25) is 0 Å². The molecule has 3 aromatic rings. The van der Waals surface area contributed by atoms with Gasteiger partial charge in [0.2, 0.25) is 6.79 Å². The van der Waals surface area contributed by atoms with Gasteiger partial charge in [0, 0.05) is 48.0 Å². The lowest BCUT2D eigenvalue weighted by Crippen LogP contribution is -2.33. The molecule has 0 radical (unpaired) electrons. The maximum atomic E-state index is 12.5. The van der Waals surface area contributed by atoms with Gasteiger partial charge in [0.15, 0.2) is 11.5 Å². The van der Waals surface area contributed by atoms with Crippen molar-refractivity contribution in [3.63, 3.8) is 0 Å². The minimum absolute atomic E-state index is 0.0949. The molecule has 2 N–H and O–H groups in total. The van der Waals surface area contributed by atoms with Crippen molar-refractivity contribution in [1.82, 2.24) is 4.98 Å². The Hall–Kier alpha value is -3.15. The van der Waals surface area contributed by atoms with Crippen LogP contribution >= 0.6 is 0 Å². The molecule has 30 heavy (non-hydrogen) atoms. The maximum absolute atomic E-state index is 12.5. The number of hydrogen-bond donors (Lipinski definition) is 2. The first-order valence-electron chi connectivity index (χ1n) is 10.7. The highest BCUT2D eigenvalue weighted by Gasteiger charge is 2.18. The van der Waals surface area contributed by atoms with Gasteiger partial charge in [-0.2, -0.15) is 0 Å². The molecular formula is C24H27N3O3. The molecule has 0 bridgehead atoms. The first-order chi connectivity index (χ1) is 14.7. The quantitative estimate of drug-likeness (QED) is 0.647. The molecule has 1 aliphatic carbocycles. The molecule has 0 saturated heterocycles. The third-order valence-electron chi connectivity index (χ3n) is 6.29. The van der Waals surface area contributed by atoms with Crippen LogP contribution in [0.15, 0.2) is 47.3 Å². The topological polar surface area (TPSA) is 66.6 Å². The van der Waals surface area contributed by atoms with Crippen LogP contribution in [0.25, 0.3) is 10.9 Å². The summed E-state index contributed by atoms with van der Waals surface area (Å²) in [6.07, 6.45) is 6.58. The number of aromatic amines is 1. The fourth-order valence-electron chi connectivity index (χ4n) is 4.46. The molecule has 0 amide bonds. The van der Waals surface area contributed by atoms with E-state index in [1.54, 1.807) is 0 Å². The maximum Gasteiger partial charge on any atom is 0.253 e. The standard InChI is InChI=1S/C24H27N3O3/c1-27(19-5-3-2-4-6-19)20-9-7-18(8-10-20)25-14-17-11-16-12-22-23(30-15-29-22)13-21(16)26-24(17)28/h7-13,19,25H,2-6,14-15H2,1H3,(H,26,28). The van der Waals surface area contributed by atoms with Gasteiger partial charge in [0.25, 0.3) is 5.56 Å². The van der Waals surface area contributed by atoms with Crippen LogP contribution in [0.1, 0.15) is 37.7 Å². The first-order valence-corrected chi connectivity index (χ1v) is 10.7. The van der Waals surface area contributed by atoms with Crippen LogP contribution in [-0.4, -0.2) is 24.9 Å². The highest BCUT2D eigenvalue weighted by Crippen LogP contribution is 2.35. The third kappa shape index (κ3) is 3.70. The van der Waals surface area contributed by atoms with Crippen LogP contribution in [0, 0.1) is 0 Å². The summed E-state index contributed by atoms with van der Waals surface area (Å²) >= 11 is 0. The molecule has 6 nitrogen and oxygen atoms in total. The molecule has 2 aromatic carbocycles. The number of pyridine rings is 1. The minimum atomic E-state index is -0.0949. The lowest BCUT2D eigenvalue weighted by atomic mass is 9.94. The van der Waals surface area contributed by atoms with Gasteiger partial charge in [-0.3, -0.25) is 4.79 Å². The Morgan fingerprint density at radius 3 is 2.53 bits per heavy atom. The zero-order valence-corrected chi connectivity index (χ0v) is 17.2. The summed E-state index contributed by atoms with van der Waals surface area (Å²) in [5.74, 6) is 1.38. The smallest absolute Gasteiger partial charge is 0.253 e. The number of rotatable bonds is 5. The Bertz CT molecular complexity index is 1100. The lowest BCUT2D eigenvalue weighted by molar-refractivity contribution is 0.174. The molecule has 1 aliphatic heterocycles. The highest BCUT2D eigenvalue weighted by atomic mass is 16.7. The molecule has 0 unspecified atom stereocenters. The minimum Gasteiger partial charge on any atom is -0.454 e. The van der Waals surface area contributed by atoms with E-state index < -0.39 is 0 Å². The average molecular weight is 405 g/mol. The monoisotopic (exact) mass is 405 g/mol. The molecule has 6 heteroatoms. The van der Waals surface area contributed by atoms with Crippen LogP contribution in [0.5, 0.6) is 11.5 Å². The number of anilines is 2. The van der Waals surface area contributed by atoms with Crippen molar-refractivity contribution in [3.05, 3.63) is 58.4 Å². The summed E-state index contributed by atoms with van der Waals surface area (Å²) in [6, 6.07) is 14.8. The number of hydrogen-bond acceptors (Lipinski definition) is 5. The second-order valence-corrected chi connectivity index (χ2v) is 8.22. The van der Waals surface area contributed by atoms with Crippen molar-refractivity contribution in [2.45, 2.75) is 44.7 Å². The van der Waals surface area contributed by atoms with E-state index in [9.17, 15) is 4.79 Å². The van der Waals surface area contributed by atoms with Crippen LogP contribution < -0.4 is 25.2 Å². The largest absolute Gasteiger partial charge is 0.454 e. The van der Waals surface area contributed by atoms with E-state index in [1.165, 1.54) is 37.8 Å². The molecule has 1 aromatic heterocycles. The van der Waals surface area contributed by atoms with Gasteiger partial charge >= 0.3 is 0 Å². The number of nitrogens with one attached hydrogen (secondary N) is 2. The molecule has 2 aliphatic rings. The van der Waals surface area contributed by atoms with Crippen LogP contribution in [0.3, 0.4) is 0 Å². The summed E-state index contributed by atoms with van der Waals surface area (Å²) in [6.45, 7) is 0.674. The third-order valence-corrected chi connectivity index (χ3v) is 6.29. The Labute approximate surface area is 175 Å². The first kappa shape index (κ1) is 18.9. The Balaban J connectivity index is 1.28.